The highest BCUT2D eigenvalue weighted by Crippen LogP contribution is 2.42. The van der Waals surface area contributed by atoms with Gasteiger partial charge in [0.1, 0.15) is 5.75 Å². The zero-order chi connectivity index (χ0) is 18.6. The van der Waals surface area contributed by atoms with Crippen LogP contribution in [-0.2, 0) is 15.1 Å². The fraction of sp³-hybridized carbons (Fsp3) is 0.600. The van der Waals surface area contributed by atoms with E-state index >= 15 is 0 Å². The predicted molar refractivity (Wildman–Crippen MR) is 94.0 cm³/mol. The number of phenols is 1. The molecule has 1 aromatic carbocycles. The quantitative estimate of drug-likeness (QED) is 0.510. The smallest absolute Gasteiger partial charge is 0.334 e. The Kier molecular flexibility index (Phi) is 8.56. The molecule has 0 aliphatic carbocycles. The third kappa shape index (κ3) is 8.37. The Morgan fingerprint density at radius 3 is 1.26 bits per heavy atom. The minimum atomic E-state index is -2.61. The van der Waals surface area contributed by atoms with Crippen molar-refractivity contribution in [1.29, 1.82) is 0 Å². The largest absolute Gasteiger partial charge is 0.507 e. The second-order valence-electron chi connectivity index (χ2n) is 7.30. The minimum absolute atomic E-state index is 0.0178. The standard InChI is InChI=1S/C15H24O.H4O5P2/c1-10-8-11(14(2,3)4)13(16)12(9-10)15(5,6)7;1-6(2)5-7(3)4/h8-9,16H,1-7H3;1-4H. The van der Waals surface area contributed by atoms with Gasteiger partial charge in [0, 0.05) is 0 Å². The molecule has 0 fully saturated rings. The van der Waals surface area contributed by atoms with Gasteiger partial charge in [0.2, 0.25) is 0 Å². The van der Waals surface area contributed by atoms with Crippen LogP contribution in [0.3, 0.4) is 0 Å². The first-order chi connectivity index (χ1) is 10.2. The zero-order valence-corrected chi connectivity index (χ0v) is 16.5. The van der Waals surface area contributed by atoms with Crippen molar-refractivity contribution in [3.05, 3.63) is 28.8 Å². The number of hydrogen-bond donors (Lipinski definition) is 5. The van der Waals surface area contributed by atoms with Crippen LogP contribution in [0.2, 0.25) is 0 Å². The summed E-state index contributed by atoms with van der Waals surface area (Å²) in [7, 11) is -5.22. The first-order valence-corrected chi connectivity index (χ1v) is 9.37. The number of aryl methyl sites for hydroxylation is 1. The van der Waals surface area contributed by atoms with Crippen molar-refractivity contribution in [3.8, 4) is 5.75 Å². The van der Waals surface area contributed by atoms with Gasteiger partial charge in [0.15, 0.2) is 0 Å². The molecular formula is C15H28O6P2. The Morgan fingerprint density at radius 1 is 0.783 bits per heavy atom. The van der Waals surface area contributed by atoms with Crippen molar-refractivity contribution in [2.45, 2.75) is 59.3 Å². The lowest BCUT2D eigenvalue weighted by Crippen LogP contribution is -2.17. The molecule has 0 aliphatic rings. The molecule has 0 aliphatic heterocycles. The number of phenolic OH excluding ortho intramolecular Hbond substituents is 1. The average molecular weight is 366 g/mol. The Balaban J connectivity index is 0.000000585. The highest BCUT2D eigenvalue weighted by molar-refractivity contribution is 7.53. The Bertz CT molecular complexity index is 463. The third-order valence-electron chi connectivity index (χ3n) is 3.02. The van der Waals surface area contributed by atoms with Crippen molar-refractivity contribution in [1.82, 2.24) is 0 Å². The molecule has 0 bridgehead atoms. The van der Waals surface area contributed by atoms with Crippen LogP contribution in [0.15, 0.2) is 12.1 Å². The minimum Gasteiger partial charge on any atom is -0.507 e. The van der Waals surface area contributed by atoms with Crippen LogP contribution in [0, 0.1) is 6.92 Å². The van der Waals surface area contributed by atoms with Gasteiger partial charge in [-0.05, 0) is 28.9 Å². The van der Waals surface area contributed by atoms with Gasteiger partial charge >= 0.3 is 17.2 Å². The van der Waals surface area contributed by atoms with Crippen LogP contribution < -0.4 is 0 Å². The number of benzene rings is 1. The molecule has 1 rings (SSSR count). The van der Waals surface area contributed by atoms with Crippen LogP contribution >= 0.6 is 17.2 Å². The molecule has 6 nitrogen and oxygen atoms in total. The summed E-state index contributed by atoms with van der Waals surface area (Å²) in [5, 5.41) is 10.4. The van der Waals surface area contributed by atoms with Gasteiger partial charge < -0.3 is 24.7 Å². The Morgan fingerprint density at radius 2 is 1.09 bits per heavy atom. The summed E-state index contributed by atoms with van der Waals surface area (Å²) in [6, 6.07) is 4.18. The van der Waals surface area contributed by atoms with Gasteiger partial charge in [0.25, 0.3) is 0 Å². The van der Waals surface area contributed by atoms with Crippen molar-refractivity contribution in [3.63, 3.8) is 0 Å². The maximum Gasteiger partial charge on any atom is 0.334 e. The van der Waals surface area contributed by atoms with E-state index in [2.05, 4.69) is 64.9 Å². The summed E-state index contributed by atoms with van der Waals surface area (Å²) < 4.78 is 3.60. The lowest BCUT2D eigenvalue weighted by atomic mass is 9.78. The first-order valence-electron chi connectivity index (χ1n) is 7.04. The van der Waals surface area contributed by atoms with Crippen LogP contribution in [0.1, 0.15) is 58.2 Å². The van der Waals surface area contributed by atoms with E-state index in [1.54, 1.807) is 0 Å². The molecule has 0 spiro atoms. The molecule has 0 saturated heterocycles. The topological polar surface area (TPSA) is 110 Å². The van der Waals surface area contributed by atoms with E-state index in [0.717, 1.165) is 11.1 Å². The molecule has 23 heavy (non-hydrogen) atoms. The van der Waals surface area contributed by atoms with Gasteiger partial charge in [-0.15, -0.1) is 0 Å². The SMILES string of the molecule is Cc1cc(C(C)(C)C)c(O)c(C(C)(C)C)c1.OP(O)OP(O)O. The van der Waals surface area contributed by atoms with E-state index < -0.39 is 17.2 Å². The fourth-order valence-corrected chi connectivity index (χ4v) is 2.51. The van der Waals surface area contributed by atoms with Crippen LogP contribution in [-0.4, -0.2) is 24.7 Å². The summed E-state index contributed by atoms with van der Waals surface area (Å²) in [4.78, 5) is 31.3. The third-order valence-corrected chi connectivity index (χ3v) is 4.18. The maximum atomic E-state index is 10.4. The Hall–Kier alpha value is -0.320. The van der Waals surface area contributed by atoms with Crippen LogP contribution in [0.4, 0.5) is 0 Å². The Labute approximate surface area is 140 Å². The van der Waals surface area contributed by atoms with E-state index in [4.69, 9.17) is 19.6 Å². The van der Waals surface area contributed by atoms with E-state index in [9.17, 15) is 5.11 Å². The van der Waals surface area contributed by atoms with E-state index in [1.165, 1.54) is 5.56 Å². The molecular weight excluding hydrogens is 338 g/mol. The van der Waals surface area contributed by atoms with Crippen molar-refractivity contribution < 1.29 is 29.0 Å². The van der Waals surface area contributed by atoms with Gasteiger partial charge in [-0.3, -0.25) is 0 Å². The molecule has 0 aromatic heterocycles. The summed E-state index contributed by atoms with van der Waals surface area (Å²) in [5.41, 5.74) is 3.26. The molecule has 0 saturated carbocycles. The summed E-state index contributed by atoms with van der Waals surface area (Å²) in [6.45, 7) is 14.9. The fourth-order valence-electron chi connectivity index (χ4n) is 1.99. The molecule has 5 N–H and O–H groups in total. The molecule has 1 aromatic rings. The lowest BCUT2D eigenvalue weighted by molar-refractivity contribution is 0.324. The number of hydrogen-bond acceptors (Lipinski definition) is 6. The van der Waals surface area contributed by atoms with Crippen molar-refractivity contribution >= 4 is 17.2 Å². The zero-order valence-electron chi connectivity index (χ0n) is 14.7. The second kappa shape index (κ2) is 8.68. The van der Waals surface area contributed by atoms with E-state index in [1.807, 2.05) is 0 Å². The van der Waals surface area contributed by atoms with Gasteiger partial charge in [0.05, 0.1) is 0 Å². The van der Waals surface area contributed by atoms with Gasteiger partial charge in [-0.2, -0.15) is 0 Å². The van der Waals surface area contributed by atoms with Crippen molar-refractivity contribution in [2.75, 3.05) is 0 Å². The lowest BCUT2D eigenvalue weighted by Gasteiger charge is -2.27. The van der Waals surface area contributed by atoms with Crippen LogP contribution in [0.25, 0.3) is 0 Å². The summed E-state index contributed by atoms with van der Waals surface area (Å²) >= 11 is 0. The van der Waals surface area contributed by atoms with Crippen LogP contribution in [0.5, 0.6) is 5.75 Å². The van der Waals surface area contributed by atoms with E-state index in [-0.39, 0.29) is 10.8 Å². The number of rotatable bonds is 2. The first kappa shape index (κ1) is 22.7. The molecule has 0 heterocycles. The van der Waals surface area contributed by atoms with Crippen molar-refractivity contribution in [2.24, 2.45) is 0 Å². The highest BCUT2D eigenvalue weighted by Gasteiger charge is 2.25. The molecule has 0 unspecified atom stereocenters. The summed E-state index contributed by atoms with van der Waals surface area (Å²) in [6.07, 6.45) is 0. The van der Waals surface area contributed by atoms with E-state index in [0.29, 0.717) is 5.75 Å². The highest BCUT2D eigenvalue weighted by atomic mass is 31.2. The summed E-state index contributed by atoms with van der Waals surface area (Å²) in [5.74, 6) is 0.464. The normalized spacial score (nSPS) is 12.4. The molecule has 0 radical (unpaired) electrons. The van der Waals surface area contributed by atoms with Gasteiger partial charge in [-0.1, -0.05) is 59.2 Å². The predicted octanol–water partition coefficient (Wildman–Crippen LogP) is 3.72. The average Bonchev–Trinajstić information content (AvgIpc) is 2.27. The maximum absolute atomic E-state index is 10.4. The van der Waals surface area contributed by atoms with Gasteiger partial charge in [-0.25, -0.2) is 4.31 Å². The monoisotopic (exact) mass is 366 g/mol. The second-order valence-corrected chi connectivity index (χ2v) is 8.96. The molecule has 0 amide bonds. The molecule has 134 valence electrons. The molecule has 8 heteroatoms. The number of aromatic hydroxyl groups is 1. The molecule has 0 atom stereocenters.